The van der Waals surface area contributed by atoms with Gasteiger partial charge in [-0.25, -0.2) is 9.78 Å². The van der Waals surface area contributed by atoms with Gasteiger partial charge in [-0.2, -0.15) is 10.1 Å². The van der Waals surface area contributed by atoms with Crippen LogP contribution in [0.5, 0.6) is 0 Å². The number of nitrogens with zero attached hydrogens (tertiary/aromatic N) is 4. The van der Waals surface area contributed by atoms with E-state index >= 15 is 0 Å². The van der Waals surface area contributed by atoms with Crippen molar-refractivity contribution in [3.05, 3.63) is 23.5 Å². The lowest BCUT2D eigenvalue weighted by atomic mass is 10.1. The fraction of sp³-hybridized carbons (Fsp3) is 0.467. The third-order valence-corrected chi connectivity index (χ3v) is 3.93. The maximum absolute atomic E-state index is 10.9. The number of aromatic amines is 1. The van der Waals surface area contributed by atoms with Gasteiger partial charge in [0.15, 0.2) is 5.82 Å². The number of carbonyl (C=O) groups excluding carboxylic acids is 1. The van der Waals surface area contributed by atoms with E-state index in [1.165, 1.54) is 0 Å². The van der Waals surface area contributed by atoms with Gasteiger partial charge in [0, 0.05) is 42.7 Å². The second-order valence-electron chi connectivity index (χ2n) is 6.03. The molecule has 3 rings (SSSR count). The van der Waals surface area contributed by atoms with E-state index in [4.69, 9.17) is 5.73 Å². The maximum atomic E-state index is 10.9. The second-order valence-corrected chi connectivity index (χ2v) is 6.03. The summed E-state index contributed by atoms with van der Waals surface area (Å²) in [5, 5.41) is 13.0. The lowest BCUT2D eigenvalue weighted by Crippen LogP contribution is -2.46. The summed E-state index contributed by atoms with van der Waals surface area (Å²) in [4.78, 5) is 22.2. The fourth-order valence-electron chi connectivity index (χ4n) is 2.80. The number of rotatable bonds is 4. The van der Waals surface area contributed by atoms with Crippen molar-refractivity contribution in [3.63, 3.8) is 0 Å². The lowest BCUT2D eigenvalue weighted by Gasteiger charge is -2.32. The van der Waals surface area contributed by atoms with E-state index in [1.54, 1.807) is 0 Å². The number of primary amides is 1. The van der Waals surface area contributed by atoms with E-state index in [9.17, 15) is 4.79 Å². The molecule has 0 aliphatic carbocycles. The number of piperidine rings is 1. The number of carbonyl (C=O) groups is 1. The van der Waals surface area contributed by atoms with Crippen molar-refractivity contribution in [1.82, 2.24) is 25.5 Å². The molecule has 3 heterocycles. The first kappa shape index (κ1) is 16.0. The number of hydrogen-bond donors (Lipinski definition) is 4. The summed E-state index contributed by atoms with van der Waals surface area (Å²) in [6.45, 7) is 5.43. The summed E-state index contributed by atoms with van der Waals surface area (Å²) in [6.07, 6.45) is 1.64. The van der Waals surface area contributed by atoms with Crippen LogP contribution in [0.15, 0.2) is 12.1 Å². The fourth-order valence-corrected chi connectivity index (χ4v) is 2.80. The number of amides is 2. The molecule has 1 aliphatic rings. The van der Waals surface area contributed by atoms with E-state index in [-0.39, 0.29) is 6.04 Å². The van der Waals surface area contributed by atoms with Crippen LogP contribution in [-0.2, 0) is 0 Å². The molecule has 0 aromatic carbocycles. The monoisotopic (exact) mass is 330 g/mol. The van der Waals surface area contributed by atoms with Gasteiger partial charge >= 0.3 is 6.03 Å². The zero-order valence-corrected chi connectivity index (χ0v) is 13.8. The Morgan fingerprint density at radius 3 is 2.62 bits per heavy atom. The number of nitrogens with two attached hydrogens (primary N) is 1. The summed E-state index contributed by atoms with van der Waals surface area (Å²) in [6, 6.07) is 3.45. The van der Waals surface area contributed by atoms with Crippen LogP contribution in [0.25, 0.3) is 0 Å². The van der Waals surface area contributed by atoms with Crippen LogP contribution in [0.2, 0.25) is 0 Å². The van der Waals surface area contributed by atoms with Gasteiger partial charge in [-0.1, -0.05) is 0 Å². The minimum Gasteiger partial charge on any atom is -0.352 e. The average molecular weight is 330 g/mol. The first-order valence-corrected chi connectivity index (χ1v) is 7.95. The molecule has 0 atom stereocenters. The summed E-state index contributed by atoms with van der Waals surface area (Å²) in [5.74, 6) is 2.12. The minimum absolute atomic E-state index is 0.119. The number of hydrogen-bond acceptors (Lipinski definition) is 6. The standard InChI is InChI=1S/C15H22N8O/c1-9-7-12(19-13-8-10(2)21-22-13)20-15(17-9)23-5-3-11(4-6-23)18-14(16)24/h7-8,11H,3-6H2,1-2H3,(H3,16,18,24)(H2,17,19,20,21,22). The second kappa shape index (κ2) is 6.73. The quantitative estimate of drug-likeness (QED) is 0.667. The average Bonchev–Trinajstić information content (AvgIpc) is 2.92. The highest BCUT2D eigenvalue weighted by Gasteiger charge is 2.22. The molecule has 9 heteroatoms. The summed E-state index contributed by atoms with van der Waals surface area (Å²) < 4.78 is 0. The molecule has 0 spiro atoms. The van der Waals surface area contributed by atoms with Gasteiger partial charge in [-0.15, -0.1) is 0 Å². The highest BCUT2D eigenvalue weighted by molar-refractivity contribution is 5.72. The Kier molecular flexibility index (Phi) is 4.50. The van der Waals surface area contributed by atoms with Crippen molar-refractivity contribution in [2.24, 2.45) is 5.73 Å². The summed E-state index contributed by atoms with van der Waals surface area (Å²) >= 11 is 0. The molecule has 0 bridgehead atoms. The number of aromatic nitrogens is 4. The van der Waals surface area contributed by atoms with Crippen LogP contribution in [0, 0.1) is 13.8 Å². The molecule has 24 heavy (non-hydrogen) atoms. The van der Waals surface area contributed by atoms with Gasteiger partial charge in [0.25, 0.3) is 0 Å². The zero-order chi connectivity index (χ0) is 17.1. The van der Waals surface area contributed by atoms with Crippen molar-refractivity contribution >= 4 is 23.6 Å². The van der Waals surface area contributed by atoms with Gasteiger partial charge < -0.3 is 21.3 Å². The molecule has 2 aromatic heterocycles. The lowest BCUT2D eigenvalue weighted by molar-refractivity contribution is 0.242. The SMILES string of the molecule is Cc1cc(Nc2cc(C)[nH]n2)nc(N2CCC(NC(N)=O)CC2)n1. The maximum Gasteiger partial charge on any atom is 0.312 e. The van der Waals surface area contributed by atoms with Gasteiger partial charge in [-0.05, 0) is 26.7 Å². The number of nitrogens with one attached hydrogen (secondary N) is 3. The van der Waals surface area contributed by atoms with Gasteiger partial charge in [0.1, 0.15) is 5.82 Å². The topological polar surface area (TPSA) is 125 Å². The van der Waals surface area contributed by atoms with Crippen LogP contribution >= 0.6 is 0 Å². The van der Waals surface area contributed by atoms with E-state index in [0.29, 0.717) is 11.8 Å². The van der Waals surface area contributed by atoms with Gasteiger partial charge in [0.05, 0.1) is 0 Å². The Morgan fingerprint density at radius 2 is 2.00 bits per heavy atom. The molecular formula is C15H22N8O. The van der Waals surface area contributed by atoms with Gasteiger partial charge in [-0.3, -0.25) is 5.10 Å². The van der Waals surface area contributed by atoms with Crippen LogP contribution in [0.1, 0.15) is 24.2 Å². The van der Waals surface area contributed by atoms with Crippen LogP contribution in [0.4, 0.5) is 22.4 Å². The van der Waals surface area contributed by atoms with Crippen molar-refractivity contribution < 1.29 is 4.79 Å². The summed E-state index contributed by atoms with van der Waals surface area (Å²) in [5.41, 5.74) is 7.04. The number of H-pyrrole nitrogens is 1. The third-order valence-electron chi connectivity index (χ3n) is 3.93. The van der Waals surface area contributed by atoms with Gasteiger partial charge in [0.2, 0.25) is 5.95 Å². The van der Waals surface area contributed by atoms with E-state index in [1.807, 2.05) is 26.0 Å². The highest BCUT2D eigenvalue weighted by atomic mass is 16.2. The molecule has 1 saturated heterocycles. The molecule has 9 nitrogen and oxygen atoms in total. The molecule has 2 amide bonds. The largest absolute Gasteiger partial charge is 0.352 e. The first-order chi connectivity index (χ1) is 11.5. The Labute approximate surface area is 140 Å². The predicted octanol–water partition coefficient (Wildman–Crippen LogP) is 1.20. The molecule has 128 valence electrons. The van der Waals surface area contributed by atoms with Crippen LogP contribution < -0.4 is 21.3 Å². The number of aryl methyl sites for hydroxylation is 2. The molecule has 1 aliphatic heterocycles. The van der Waals surface area contributed by atoms with E-state index < -0.39 is 6.03 Å². The third kappa shape index (κ3) is 3.92. The molecule has 0 saturated carbocycles. The number of urea groups is 1. The Hall–Kier alpha value is -2.84. The number of anilines is 3. The Balaban J connectivity index is 1.69. The molecule has 0 radical (unpaired) electrons. The van der Waals surface area contributed by atoms with Crippen molar-refractivity contribution in [3.8, 4) is 0 Å². The van der Waals surface area contributed by atoms with Crippen molar-refractivity contribution in [2.75, 3.05) is 23.3 Å². The molecular weight excluding hydrogens is 308 g/mol. The van der Waals surface area contributed by atoms with E-state index in [0.717, 1.165) is 43.1 Å². The molecule has 1 fully saturated rings. The molecule has 5 N–H and O–H groups in total. The van der Waals surface area contributed by atoms with E-state index in [2.05, 4.69) is 35.7 Å². The highest BCUT2D eigenvalue weighted by Crippen LogP contribution is 2.20. The molecule has 2 aromatic rings. The molecule has 0 unspecified atom stereocenters. The van der Waals surface area contributed by atoms with Crippen LogP contribution in [0.3, 0.4) is 0 Å². The predicted molar refractivity (Wildman–Crippen MR) is 91.3 cm³/mol. The Bertz CT molecular complexity index is 720. The Morgan fingerprint density at radius 1 is 1.25 bits per heavy atom. The first-order valence-electron chi connectivity index (χ1n) is 7.95. The normalized spacial score (nSPS) is 15.3. The van der Waals surface area contributed by atoms with Crippen molar-refractivity contribution in [1.29, 1.82) is 0 Å². The minimum atomic E-state index is -0.471. The smallest absolute Gasteiger partial charge is 0.312 e. The summed E-state index contributed by atoms with van der Waals surface area (Å²) in [7, 11) is 0. The van der Waals surface area contributed by atoms with Crippen LogP contribution in [-0.4, -0.2) is 45.3 Å². The van der Waals surface area contributed by atoms with Crippen molar-refractivity contribution in [2.45, 2.75) is 32.7 Å². The zero-order valence-electron chi connectivity index (χ0n) is 13.8.